The lowest BCUT2D eigenvalue weighted by molar-refractivity contribution is -0.322. The highest BCUT2D eigenvalue weighted by Crippen LogP contribution is 2.83. The molecule has 7 fully saturated rings. The Morgan fingerprint density at radius 1 is 1.15 bits per heavy atom. The van der Waals surface area contributed by atoms with Crippen molar-refractivity contribution in [1.82, 2.24) is 4.90 Å². The number of ether oxygens (including phenoxy) is 4. The molecule has 2 heterocycles. The summed E-state index contributed by atoms with van der Waals surface area (Å²) in [5.74, 6) is -2.63. The first kappa shape index (κ1) is 25.6. The fourth-order valence-corrected chi connectivity index (χ4v) is 11.6. The van der Waals surface area contributed by atoms with Crippen LogP contribution in [-0.4, -0.2) is 99.8 Å². The molecule has 8 rings (SSSR count). The van der Waals surface area contributed by atoms with Crippen molar-refractivity contribution in [2.45, 2.75) is 86.8 Å². The second-order valence-electron chi connectivity index (χ2n) is 13.4. The van der Waals surface area contributed by atoms with E-state index < -0.39 is 81.8 Å². The summed E-state index contributed by atoms with van der Waals surface area (Å²) in [4.78, 5) is 29.4. The van der Waals surface area contributed by atoms with Gasteiger partial charge in [-0.3, -0.25) is 4.79 Å². The van der Waals surface area contributed by atoms with Gasteiger partial charge in [0.2, 0.25) is 5.91 Å². The molecule has 13 atom stereocenters. The number of nitrogens with zero attached hydrogens (tertiary/aromatic N) is 1. The van der Waals surface area contributed by atoms with Crippen LogP contribution in [0.4, 0.5) is 0 Å². The third-order valence-electron chi connectivity index (χ3n) is 12.6. The maximum absolute atomic E-state index is 14.2. The van der Waals surface area contributed by atoms with E-state index >= 15 is 0 Å². The molecular weight excluding hydrogens is 518 g/mol. The molecule has 3 spiro atoms. The Hall–Kier alpha value is -2.08. The number of methoxy groups -OCH3 is 1. The summed E-state index contributed by atoms with van der Waals surface area (Å²) in [5, 5.41) is 37.5. The van der Waals surface area contributed by atoms with E-state index in [-0.39, 0.29) is 25.5 Å². The van der Waals surface area contributed by atoms with Gasteiger partial charge >= 0.3 is 5.97 Å². The number of likely N-dealkylation sites (N-methyl/N-ethyl adjacent to an activating group) is 1. The van der Waals surface area contributed by atoms with E-state index in [2.05, 4.69) is 0 Å². The van der Waals surface area contributed by atoms with Gasteiger partial charge in [0.05, 0.1) is 52.3 Å². The number of aliphatic hydroxyl groups is 3. The van der Waals surface area contributed by atoms with Gasteiger partial charge in [-0.15, -0.1) is 0 Å². The monoisotopic (exact) mass is 555 g/mol. The second-order valence-corrected chi connectivity index (χ2v) is 13.4. The number of carbonyl (C=O) groups excluding carboxylic acids is 2. The lowest BCUT2D eigenvalue weighted by Crippen LogP contribution is -2.86. The number of fused-ring (bicyclic) bond motifs is 1. The van der Waals surface area contributed by atoms with Crippen LogP contribution in [0.15, 0.2) is 30.3 Å². The van der Waals surface area contributed by atoms with E-state index in [1.54, 1.807) is 36.3 Å². The number of esters is 1. The SMILES string of the molecule is CCN1C(=O)[C@]2(C)CC[C@H](OC)[C@@]34[C@H]1[C@@]1(OCO[C@@]15C[C@H](O)[C@H]1C[C@]3(O)[C@@H]5[C@H]1OC(=O)c1ccccc1)[C@@H](O)[C@@H]42. The third-order valence-corrected chi connectivity index (χ3v) is 12.6. The zero-order valence-electron chi connectivity index (χ0n) is 23.0. The third kappa shape index (κ3) is 2.30. The summed E-state index contributed by atoms with van der Waals surface area (Å²) < 4.78 is 25.5. The van der Waals surface area contributed by atoms with Crippen LogP contribution in [0.3, 0.4) is 0 Å². The highest BCUT2D eigenvalue weighted by atomic mass is 16.7. The summed E-state index contributed by atoms with van der Waals surface area (Å²) in [6.45, 7) is 4.00. The minimum Gasteiger partial charge on any atom is -0.458 e. The molecule has 2 saturated heterocycles. The lowest BCUT2D eigenvalue weighted by atomic mass is 9.41. The van der Waals surface area contributed by atoms with Gasteiger partial charge in [-0.05, 0) is 38.3 Å². The van der Waals surface area contributed by atoms with Crippen LogP contribution >= 0.6 is 0 Å². The van der Waals surface area contributed by atoms with Crippen molar-refractivity contribution >= 4 is 11.9 Å². The van der Waals surface area contributed by atoms with Crippen molar-refractivity contribution in [3.63, 3.8) is 0 Å². The molecule has 2 aliphatic heterocycles. The number of aliphatic hydroxyl groups excluding tert-OH is 2. The Labute approximate surface area is 232 Å². The Morgan fingerprint density at radius 2 is 1.90 bits per heavy atom. The van der Waals surface area contributed by atoms with Gasteiger partial charge in [0.25, 0.3) is 0 Å². The van der Waals surface area contributed by atoms with Gasteiger partial charge in [0.1, 0.15) is 24.1 Å². The first-order valence-electron chi connectivity index (χ1n) is 14.6. The number of rotatable bonds is 4. The molecule has 10 heteroatoms. The molecule has 0 unspecified atom stereocenters. The lowest BCUT2D eigenvalue weighted by Gasteiger charge is -2.71. The van der Waals surface area contributed by atoms with Crippen molar-refractivity contribution < 1.29 is 43.9 Å². The molecule has 5 aliphatic carbocycles. The van der Waals surface area contributed by atoms with Crippen molar-refractivity contribution in [3.05, 3.63) is 35.9 Å². The number of amides is 1. The number of carbonyl (C=O) groups is 2. The van der Waals surface area contributed by atoms with E-state index in [1.165, 1.54) is 0 Å². The molecule has 10 nitrogen and oxygen atoms in total. The van der Waals surface area contributed by atoms with Gasteiger partial charge in [-0.2, -0.15) is 0 Å². The summed E-state index contributed by atoms with van der Waals surface area (Å²) in [6, 6.07) is 7.92. The molecular formula is C30H37NO9. The highest BCUT2D eigenvalue weighted by Gasteiger charge is 2.98. The van der Waals surface area contributed by atoms with Crippen LogP contribution in [0.2, 0.25) is 0 Å². The Balaban J connectivity index is 1.40. The normalized spacial score (nSPS) is 54.9. The molecule has 40 heavy (non-hydrogen) atoms. The zero-order valence-corrected chi connectivity index (χ0v) is 23.0. The predicted octanol–water partition coefficient (Wildman–Crippen LogP) is 0.862. The van der Waals surface area contributed by atoms with Crippen LogP contribution in [0, 0.1) is 28.6 Å². The first-order chi connectivity index (χ1) is 19.1. The fraction of sp³-hybridized carbons (Fsp3) is 0.733. The summed E-state index contributed by atoms with van der Waals surface area (Å²) in [5.41, 5.74) is -6.13. The molecule has 1 amide bonds. The Kier molecular flexibility index (Phi) is 4.90. The predicted molar refractivity (Wildman–Crippen MR) is 137 cm³/mol. The van der Waals surface area contributed by atoms with Crippen LogP contribution in [0.5, 0.6) is 0 Å². The molecule has 5 saturated carbocycles. The average Bonchev–Trinajstić information content (AvgIpc) is 3.50. The quantitative estimate of drug-likeness (QED) is 0.463. The number of hydrogen-bond acceptors (Lipinski definition) is 9. The van der Waals surface area contributed by atoms with Crippen LogP contribution < -0.4 is 0 Å². The second kappa shape index (κ2) is 7.65. The standard InChI is InChI=1S/C30H37NO9/c1-4-31-24-29-18(37-3)10-11-26(2,25(31)35)21(29)22(33)30(24)28(38-14-39-30)13-17(32)16-12-27(29,36)20(28)19(16)40-23(34)15-8-6-5-7-9-15/h5-9,16-22,24,32-33,36H,4,10-14H2,1-3H3/t16-,17+,18+,19+,20+,21-,22+,24+,26-,27+,28-,29-,30+/m1/s1. The van der Waals surface area contributed by atoms with E-state index in [0.29, 0.717) is 24.9 Å². The summed E-state index contributed by atoms with van der Waals surface area (Å²) in [6.07, 6.45) is -2.29. The van der Waals surface area contributed by atoms with Crippen molar-refractivity contribution in [3.8, 4) is 0 Å². The minimum atomic E-state index is -1.59. The van der Waals surface area contributed by atoms with Gasteiger partial charge in [-0.25, -0.2) is 4.79 Å². The number of piperidine rings is 1. The Bertz CT molecular complexity index is 1290. The van der Waals surface area contributed by atoms with Crippen molar-refractivity contribution in [2.24, 2.45) is 28.6 Å². The van der Waals surface area contributed by atoms with Gasteiger partial charge in [0, 0.05) is 31.9 Å². The summed E-state index contributed by atoms with van der Waals surface area (Å²) >= 11 is 0. The maximum atomic E-state index is 14.2. The molecule has 7 bridgehead atoms. The largest absolute Gasteiger partial charge is 0.458 e. The molecule has 0 aromatic heterocycles. The molecule has 1 aromatic carbocycles. The smallest absolute Gasteiger partial charge is 0.338 e. The summed E-state index contributed by atoms with van der Waals surface area (Å²) in [7, 11) is 1.62. The van der Waals surface area contributed by atoms with E-state index in [0.717, 1.165) is 0 Å². The number of hydrogen-bond donors (Lipinski definition) is 3. The Morgan fingerprint density at radius 3 is 2.60 bits per heavy atom. The van der Waals surface area contributed by atoms with E-state index in [1.807, 2.05) is 19.9 Å². The number of benzene rings is 1. The topological polar surface area (TPSA) is 135 Å². The van der Waals surface area contributed by atoms with Gasteiger partial charge in [-0.1, -0.05) is 25.1 Å². The van der Waals surface area contributed by atoms with Gasteiger partial charge < -0.3 is 39.2 Å². The fourth-order valence-electron chi connectivity index (χ4n) is 11.6. The molecule has 3 N–H and O–H groups in total. The molecule has 7 aliphatic rings. The molecule has 216 valence electrons. The maximum Gasteiger partial charge on any atom is 0.338 e. The van der Waals surface area contributed by atoms with Crippen molar-refractivity contribution in [1.29, 1.82) is 0 Å². The van der Waals surface area contributed by atoms with E-state index in [9.17, 15) is 24.9 Å². The molecule has 1 aromatic rings. The molecule has 0 radical (unpaired) electrons. The van der Waals surface area contributed by atoms with Crippen LogP contribution in [0.1, 0.15) is 49.9 Å². The van der Waals surface area contributed by atoms with Crippen LogP contribution in [-0.2, 0) is 23.7 Å². The minimum absolute atomic E-state index is 0.0565. The highest BCUT2D eigenvalue weighted by molar-refractivity contribution is 5.89. The zero-order chi connectivity index (χ0) is 28.0. The van der Waals surface area contributed by atoms with Gasteiger partial charge in [0.15, 0.2) is 0 Å². The van der Waals surface area contributed by atoms with Crippen LogP contribution in [0.25, 0.3) is 0 Å². The number of likely N-dealkylation sites (tertiary alicyclic amines) is 1. The first-order valence-corrected chi connectivity index (χ1v) is 14.6. The van der Waals surface area contributed by atoms with Crippen molar-refractivity contribution in [2.75, 3.05) is 20.4 Å². The average molecular weight is 556 g/mol. The van der Waals surface area contributed by atoms with E-state index in [4.69, 9.17) is 18.9 Å².